The van der Waals surface area contributed by atoms with E-state index in [2.05, 4.69) is 5.32 Å². The first-order chi connectivity index (χ1) is 7.09. The van der Waals surface area contributed by atoms with Crippen molar-refractivity contribution in [3.05, 3.63) is 24.2 Å². The maximum atomic E-state index is 10.9. The van der Waals surface area contributed by atoms with Crippen LogP contribution in [0.1, 0.15) is 25.8 Å². The first kappa shape index (κ1) is 11.8. The fourth-order valence-electron chi connectivity index (χ4n) is 1.38. The van der Waals surface area contributed by atoms with Crippen LogP contribution in [0.3, 0.4) is 0 Å². The molecule has 1 atom stereocenters. The Morgan fingerprint density at radius 3 is 2.80 bits per heavy atom. The van der Waals surface area contributed by atoms with Gasteiger partial charge in [-0.25, -0.2) is 0 Å². The van der Waals surface area contributed by atoms with Gasteiger partial charge in [-0.3, -0.25) is 4.79 Å². The number of carbonyl (C=O) groups is 1. The van der Waals surface area contributed by atoms with Gasteiger partial charge >= 0.3 is 5.97 Å². The van der Waals surface area contributed by atoms with Crippen LogP contribution in [-0.4, -0.2) is 17.1 Å². The van der Waals surface area contributed by atoms with Crippen LogP contribution < -0.4 is 5.32 Å². The van der Waals surface area contributed by atoms with E-state index in [9.17, 15) is 4.79 Å². The summed E-state index contributed by atoms with van der Waals surface area (Å²) in [5, 5.41) is 12.0. The standard InChI is InChI=1S/C11H17NO3/c1-8(2)5-10(11(13)14)12-6-9-3-4-15-7-9/h3-4,7-8,10,12H,5-6H2,1-2H3,(H,13,14). The van der Waals surface area contributed by atoms with Crippen LogP contribution >= 0.6 is 0 Å². The minimum absolute atomic E-state index is 0.364. The number of aliphatic carboxylic acids is 1. The van der Waals surface area contributed by atoms with E-state index < -0.39 is 12.0 Å². The Labute approximate surface area is 89.3 Å². The molecule has 1 rings (SSSR count). The maximum Gasteiger partial charge on any atom is 0.320 e. The molecule has 15 heavy (non-hydrogen) atoms. The Balaban J connectivity index is 2.41. The number of hydrogen-bond acceptors (Lipinski definition) is 3. The summed E-state index contributed by atoms with van der Waals surface area (Å²) in [6.07, 6.45) is 3.82. The topological polar surface area (TPSA) is 62.5 Å². The van der Waals surface area contributed by atoms with Gasteiger partial charge in [0, 0.05) is 12.1 Å². The lowest BCUT2D eigenvalue weighted by Gasteiger charge is -2.15. The molecule has 0 saturated heterocycles. The van der Waals surface area contributed by atoms with Crippen LogP contribution in [0.2, 0.25) is 0 Å². The molecule has 84 valence electrons. The summed E-state index contributed by atoms with van der Waals surface area (Å²) < 4.78 is 4.90. The zero-order valence-corrected chi connectivity index (χ0v) is 9.06. The van der Waals surface area contributed by atoms with E-state index in [1.54, 1.807) is 12.5 Å². The van der Waals surface area contributed by atoms with Gasteiger partial charge < -0.3 is 14.8 Å². The lowest BCUT2D eigenvalue weighted by atomic mass is 10.0. The third-order valence-electron chi connectivity index (χ3n) is 2.14. The zero-order chi connectivity index (χ0) is 11.3. The minimum Gasteiger partial charge on any atom is -0.480 e. The summed E-state index contributed by atoms with van der Waals surface area (Å²) in [4.78, 5) is 10.9. The monoisotopic (exact) mass is 211 g/mol. The normalized spacial score (nSPS) is 13.0. The third kappa shape index (κ3) is 4.16. The van der Waals surface area contributed by atoms with E-state index in [-0.39, 0.29) is 0 Å². The predicted octanol–water partition coefficient (Wildman–Crippen LogP) is 1.87. The molecule has 4 nitrogen and oxygen atoms in total. The molecule has 0 radical (unpaired) electrons. The Morgan fingerprint density at radius 2 is 2.33 bits per heavy atom. The Hall–Kier alpha value is -1.29. The van der Waals surface area contributed by atoms with E-state index >= 15 is 0 Å². The molecule has 0 aliphatic carbocycles. The third-order valence-corrected chi connectivity index (χ3v) is 2.14. The molecule has 0 aromatic carbocycles. The van der Waals surface area contributed by atoms with Gasteiger partial charge in [0.2, 0.25) is 0 Å². The number of carboxylic acids is 1. The molecule has 1 aromatic heterocycles. The van der Waals surface area contributed by atoms with Crippen molar-refractivity contribution in [2.75, 3.05) is 0 Å². The van der Waals surface area contributed by atoms with Crippen LogP contribution in [-0.2, 0) is 11.3 Å². The van der Waals surface area contributed by atoms with Crippen LogP contribution in [0.4, 0.5) is 0 Å². The van der Waals surface area contributed by atoms with Crippen LogP contribution in [0.15, 0.2) is 23.0 Å². The van der Waals surface area contributed by atoms with Gasteiger partial charge in [0.1, 0.15) is 6.04 Å². The number of furan rings is 1. The molecular weight excluding hydrogens is 194 g/mol. The van der Waals surface area contributed by atoms with Crippen molar-refractivity contribution in [3.8, 4) is 0 Å². The van der Waals surface area contributed by atoms with Gasteiger partial charge in [0.15, 0.2) is 0 Å². The molecule has 0 saturated carbocycles. The van der Waals surface area contributed by atoms with Gasteiger partial charge in [0.25, 0.3) is 0 Å². The SMILES string of the molecule is CC(C)CC(NCc1ccoc1)C(=O)O. The van der Waals surface area contributed by atoms with E-state index in [0.29, 0.717) is 18.9 Å². The molecule has 1 heterocycles. The molecule has 0 fully saturated rings. The average molecular weight is 211 g/mol. The molecule has 0 aliphatic rings. The van der Waals surface area contributed by atoms with Gasteiger partial charge in [0.05, 0.1) is 12.5 Å². The molecule has 2 N–H and O–H groups in total. The predicted molar refractivity (Wildman–Crippen MR) is 56.4 cm³/mol. The van der Waals surface area contributed by atoms with Crippen LogP contribution in [0.5, 0.6) is 0 Å². The molecule has 0 bridgehead atoms. The van der Waals surface area contributed by atoms with E-state index in [0.717, 1.165) is 5.56 Å². The summed E-state index contributed by atoms with van der Waals surface area (Å²) in [6, 6.07) is 1.33. The largest absolute Gasteiger partial charge is 0.480 e. The Morgan fingerprint density at radius 1 is 1.60 bits per heavy atom. The van der Waals surface area contributed by atoms with Gasteiger partial charge in [-0.15, -0.1) is 0 Å². The maximum absolute atomic E-state index is 10.9. The quantitative estimate of drug-likeness (QED) is 0.754. The lowest BCUT2D eigenvalue weighted by molar-refractivity contribution is -0.140. The average Bonchev–Trinajstić information content (AvgIpc) is 2.63. The van der Waals surface area contributed by atoms with Gasteiger partial charge in [-0.05, 0) is 18.4 Å². The van der Waals surface area contributed by atoms with Crippen molar-refractivity contribution in [1.82, 2.24) is 5.32 Å². The van der Waals surface area contributed by atoms with Crippen molar-refractivity contribution < 1.29 is 14.3 Å². The zero-order valence-electron chi connectivity index (χ0n) is 9.06. The van der Waals surface area contributed by atoms with Gasteiger partial charge in [-0.1, -0.05) is 13.8 Å². The first-order valence-corrected chi connectivity index (χ1v) is 5.07. The van der Waals surface area contributed by atoms with Crippen LogP contribution in [0, 0.1) is 5.92 Å². The highest BCUT2D eigenvalue weighted by molar-refractivity contribution is 5.73. The number of nitrogens with one attached hydrogen (secondary N) is 1. The summed E-state index contributed by atoms with van der Waals surface area (Å²) in [7, 11) is 0. The smallest absolute Gasteiger partial charge is 0.320 e. The summed E-state index contributed by atoms with van der Waals surface area (Å²) in [6.45, 7) is 4.55. The van der Waals surface area contributed by atoms with Crippen molar-refractivity contribution >= 4 is 5.97 Å². The van der Waals surface area contributed by atoms with Crippen molar-refractivity contribution in [1.29, 1.82) is 0 Å². The number of rotatable bonds is 6. The molecular formula is C11H17NO3. The first-order valence-electron chi connectivity index (χ1n) is 5.07. The fraction of sp³-hybridized carbons (Fsp3) is 0.545. The van der Waals surface area contributed by atoms with Crippen molar-refractivity contribution in [3.63, 3.8) is 0 Å². The second-order valence-corrected chi connectivity index (χ2v) is 4.03. The Bertz CT molecular complexity index is 293. The summed E-state index contributed by atoms with van der Waals surface area (Å²) >= 11 is 0. The van der Waals surface area contributed by atoms with E-state index in [4.69, 9.17) is 9.52 Å². The summed E-state index contributed by atoms with van der Waals surface area (Å²) in [5.41, 5.74) is 0.963. The van der Waals surface area contributed by atoms with Crippen molar-refractivity contribution in [2.45, 2.75) is 32.9 Å². The van der Waals surface area contributed by atoms with Crippen molar-refractivity contribution in [2.24, 2.45) is 5.92 Å². The highest BCUT2D eigenvalue weighted by Gasteiger charge is 2.17. The second kappa shape index (κ2) is 5.56. The molecule has 1 unspecified atom stereocenters. The molecule has 0 amide bonds. The second-order valence-electron chi connectivity index (χ2n) is 4.03. The molecule has 4 heteroatoms. The highest BCUT2D eigenvalue weighted by atomic mass is 16.4. The van der Waals surface area contributed by atoms with Gasteiger partial charge in [-0.2, -0.15) is 0 Å². The Kier molecular flexibility index (Phi) is 4.37. The molecule has 0 aliphatic heterocycles. The number of hydrogen-bond donors (Lipinski definition) is 2. The van der Waals surface area contributed by atoms with Crippen LogP contribution in [0.25, 0.3) is 0 Å². The van der Waals surface area contributed by atoms with E-state index in [1.165, 1.54) is 0 Å². The molecule has 0 spiro atoms. The lowest BCUT2D eigenvalue weighted by Crippen LogP contribution is -2.37. The minimum atomic E-state index is -0.799. The van der Waals surface area contributed by atoms with E-state index in [1.807, 2.05) is 19.9 Å². The summed E-state index contributed by atoms with van der Waals surface area (Å²) in [5.74, 6) is -0.435. The number of carboxylic acid groups (broad SMARTS) is 1. The molecule has 1 aromatic rings. The highest BCUT2D eigenvalue weighted by Crippen LogP contribution is 2.06. The fourth-order valence-corrected chi connectivity index (χ4v) is 1.38.